The lowest BCUT2D eigenvalue weighted by atomic mass is 10.1. The van der Waals surface area contributed by atoms with Gasteiger partial charge in [-0.3, -0.25) is 25.2 Å². The quantitative estimate of drug-likeness (QED) is 0.632. The molecule has 8 nitrogen and oxygen atoms in total. The lowest BCUT2D eigenvalue weighted by Crippen LogP contribution is -2.46. The van der Waals surface area contributed by atoms with Crippen LogP contribution in [-0.4, -0.2) is 37.5 Å². The maximum Gasteiger partial charge on any atom is 0.276 e. The minimum absolute atomic E-state index is 0.0786. The Bertz CT molecular complexity index is 912. The Morgan fingerprint density at radius 3 is 2.26 bits per heavy atom. The van der Waals surface area contributed by atoms with E-state index in [9.17, 15) is 14.4 Å². The van der Waals surface area contributed by atoms with Crippen LogP contribution in [0.5, 0.6) is 11.5 Å². The van der Waals surface area contributed by atoms with E-state index in [1.165, 1.54) is 5.56 Å². The van der Waals surface area contributed by atoms with E-state index in [1.807, 2.05) is 19.1 Å². The van der Waals surface area contributed by atoms with Crippen molar-refractivity contribution in [2.24, 2.45) is 5.92 Å². The second-order valence-electron chi connectivity index (χ2n) is 7.16. The van der Waals surface area contributed by atoms with Crippen molar-refractivity contribution in [1.82, 2.24) is 10.9 Å². The molecule has 1 aliphatic rings. The van der Waals surface area contributed by atoms with Crippen LogP contribution in [0.2, 0.25) is 0 Å². The summed E-state index contributed by atoms with van der Waals surface area (Å²) in [5.74, 6) is -0.302. The van der Waals surface area contributed by atoms with E-state index in [-0.39, 0.29) is 25.5 Å². The Morgan fingerprint density at radius 1 is 0.968 bits per heavy atom. The number of hydrazine groups is 1. The minimum Gasteiger partial charge on any atom is -0.494 e. The number of carbonyl (C=O) groups is 3. The number of nitrogens with one attached hydrogen (secondary N) is 2. The first-order valence-electron chi connectivity index (χ1n) is 10.3. The monoisotopic (exact) mass is 425 g/mol. The average Bonchev–Trinajstić information content (AvgIpc) is 3.18. The molecule has 2 aromatic rings. The van der Waals surface area contributed by atoms with Gasteiger partial charge in [-0.1, -0.05) is 19.1 Å². The summed E-state index contributed by atoms with van der Waals surface area (Å²) in [7, 11) is 0. The highest BCUT2D eigenvalue weighted by molar-refractivity contribution is 6.00. The number of amides is 3. The number of benzene rings is 2. The first kappa shape index (κ1) is 22.1. The Balaban J connectivity index is 1.44. The van der Waals surface area contributed by atoms with Crippen LogP contribution in [0.1, 0.15) is 25.8 Å². The third-order valence-electron chi connectivity index (χ3n) is 4.98. The molecule has 8 heteroatoms. The normalized spacial score (nSPS) is 15.5. The largest absolute Gasteiger partial charge is 0.494 e. The number of aryl methyl sites for hydroxylation is 1. The molecule has 1 fully saturated rings. The van der Waals surface area contributed by atoms with Gasteiger partial charge in [0.05, 0.1) is 12.5 Å². The summed E-state index contributed by atoms with van der Waals surface area (Å²) >= 11 is 0. The summed E-state index contributed by atoms with van der Waals surface area (Å²) in [6, 6.07) is 14.6. The third-order valence-corrected chi connectivity index (χ3v) is 4.98. The molecule has 0 spiro atoms. The van der Waals surface area contributed by atoms with Gasteiger partial charge >= 0.3 is 0 Å². The van der Waals surface area contributed by atoms with Crippen molar-refractivity contribution in [2.45, 2.75) is 26.7 Å². The number of ether oxygens (including phenoxy) is 2. The van der Waals surface area contributed by atoms with Gasteiger partial charge < -0.3 is 14.4 Å². The molecule has 31 heavy (non-hydrogen) atoms. The standard InChI is InChI=1S/C23H27N3O5/c1-3-16-5-9-20(10-6-16)31-15-21(27)24-25-23(29)17-13-22(28)26(14-17)18-7-11-19(12-8-18)30-4-2/h5-12,17H,3-4,13-15H2,1-2H3,(H,24,27)(H,25,29). The van der Waals surface area contributed by atoms with E-state index in [0.717, 1.165) is 12.2 Å². The smallest absolute Gasteiger partial charge is 0.276 e. The van der Waals surface area contributed by atoms with Crippen LogP contribution in [0, 0.1) is 5.92 Å². The van der Waals surface area contributed by atoms with Crippen molar-refractivity contribution in [2.75, 3.05) is 24.7 Å². The first-order valence-corrected chi connectivity index (χ1v) is 10.3. The Labute approximate surface area is 181 Å². The van der Waals surface area contributed by atoms with Gasteiger partial charge in [0.2, 0.25) is 11.8 Å². The van der Waals surface area contributed by atoms with Crippen molar-refractivity contribution in [1.29, 1.82) is 0 Å². The molecule has 2 aromatic carbocycles. The van der Waals surface area contributed by atoms with Crippen molar-refractivity contribution in [3.8, 4) is 11.5 Å². The zero-order valence-electron chi connectivity index (χ0n) is 17.7. The maximum absolute atomic E-state index is 12.4. The molecule has 3 amide bonds. The molecule has 1 heterocycles. The zero-order valence-corrected chi connectivity index (χ0v) is 17.7. The van der Waals surface area contributed by atoms with Crippen LogP contribution in [-0.2, 0) is 20.8 Å². The van der Waals surface area contributed by atoms with E-state index in [4.69, 9.17) is 9.47 Å². The number of hydrogen-bond donors (Lipinski definition) is 2. The van der Waals surface area contributed by atoms with Gasteiger partial charge in [0.25, 0.3) is 5.91 Å². The van der Waals surface area contributed by atoms with Crippen molar-refractivity contribution in [3.05, 3.63) is 54.1 Å². The molecule has 0 aromatic heterocycles. The van der Waals surface area contributed by atoms with Gasteiger partial charge in [-0.15, -0.1) is 0 Å². The van der Waals surface area contributed by atoms with Crippen molar-refractivity contribution >= 4 is 23.4 Å². The molecule has 0 bridgehead atoms. The predicted molar refractivity (Wildman–Crippen MR) is 116 cm³/mol. The number of carbonyl (C=O) groups excluding carboxylic acids is 3. The van der Waals surface area contributed by atoms with E-state index in [0.29, 0.717) is 18.0 Å². The molecule has 0 radical (unpaired) electrons. The number of hydrogen-bond acceptors (Lipinski definition) is 5. The summed E-state index contributed by atoms with van der Waals surface area (Å²) in [5, 5.41) is 0. The number of anilines is 1. The van der Waals surface area contributed by atoms with Crippen LogP contribution in [0.25, 0.3) is 0 Å². The summed E-state index contributed by atoms with van der Waals surface area (Å²) in [6.45, 7) is 4.53. The highest BCUT2D eigenvalue weighted by Gasteiger charge is 2.35. The highest BCUT2D eigenvalue weighted by atomic mass is 16.5. The first-order chi connectivity index (χ1) is 15.0. The van der Waals surface area contributed by atoms with Crippen molar-refractivity contribution < 1.29 is 23.9 Å². The Kier molecular flexibility index (Phi) is 7.48. The zero-order chi connectivity index (χ0) is 22.2. The Hall–Kier alpha value is -3.55. The summed E-state index contributed by atoms with van der Waals surface area (Å²) < 4.78 is 10.8. The van der Waals surface area contributed by atoms with Crippen LogP contribution in [0.15, 0.2) is 48.5 Å². The number of rotatable bonds is 8. The second kappa shape index (κ2) is 10.5. The molecule has 164 valence electrons. The molecule has 1 saturated heterocycles. The van der Waals surface area contributed by atoms with E-state index < -0.39 is 17.7 Å². The highest BCUT2D eigenvalue weighted by Crippen LogP contribution is 2.27. The van der Waals surface area contributed by atoms with Crippen LogP contribution >= 0.6 is 0 Å². The molecule has 1 atom stereocenters. The van der Waals surface area contributed by atoms with Gasteiger partial charge in [0.1, 0.15) is 11.5 Å². The van der Waals surface area contributed by atoms with Crippen molar-refractivity contribution in [3.63, 3.8) is 0 Å². The van der Waals surface area contributed by atoms with Crippen LogP contribution < -0.4 is 25.2 Å². The molecular formula is C23H27N3O5. The second-order valence-corrected chi connectivity index (χ2v) is 7.16. The average molecular weight is 425 g/mol. The maximum atomic E-state index is 12.4. The van der Waals surface area contributed by atoms with Gasteiger partial charge in [-0.25, -0.2) is 0 Å². The molecule has 3 rings (SSSR count). The van der Waals surface area contributed by atoms with Crippen LogP contribution in [0.4, 0.5) is 5.69 Å². The minimum atomic E-state index is -0.554. The summed E-state index contributed by atoms with van der Waals surface area (Å²) in [4.78, 5) is 38.3. The molecule has 0 saturated carbocycles. The SMILES string of the molecule is CCOc1ccc(N2CC(C(=O)NNC(=O)COc3ccc(CC)cc3)CC2=O)cc1. The third kappa shape index (κ3) is 5.97. The van der Waals surface area contributed by atoms with Gasteiger partial charge in [0.15, 0.2) is 6.61 Å². The Morgan fingerprint density at radius 2 is 1.61 bits per heavy atom. The molecule has 1 aliphatic heterocycles. The van der Waals surface area contributed by atoms with Gasteiger partial charge in [-0.2, -0.15) is 0 Å². The van der Waals surface area contributed by atoms with E-state index in [2.05, 4.69) is 17.8 Å². The molecule has 2 N–H and O–H groups in total. The fraction of sp³-hybridized carbons (Fsp3) is 0.348. The summed E-state index contributed by atoms with van der Waals surface area (Å²) in [5.41, 5.74) is 6.59. The van der Waals surface area contributed by atoms with Crippen LogP contribution in [0.3, 0.4) is 0 Å². The fourth-order valence-corrected chi connectivity index (χ4v) is 3.26. The lowest BCUT2D eigenvalue weighted by Gasteiger charge is -2.17. The van der Waals surface area contributed by atoms with Gasteiger partial charge in [0, 0.05) is 18.7 Å². The fourth-order valence-electron chi connectivity index (χ4n) is 3.26. The molecule has 1 unspecified atom stereocenters. The molecule has 0 aliphatic carbocycles. The predicted octanol–water partition coefficient (Wildman–Crippen LogP) is 2.23. The lowest BCUT2D eigenvalue weighted by molar-refractivity contribution is -0.132. The topological polar surface area (TPSA) is 97.0 Å². The molecular weight excluding hydrogens is 398 g/mol. The number of nitrogens with zero attached hydrogens (tertiary/aromatic N) is 1. The van der Waals surface area contributed by atoms with Gasteiger partial charge in [-0.05, 0) is 55.3 Å². The summed E-state index contributed by atoms with van der Waals surface area (Å²) in [6.07, 6.45) is 1.00. The van der Waals surface area contributed by atoms with E-state index >= 15 is 0 Å². The van der Waals surface area contributed by atoms with E-state index in [1.54, 1.807) is 41.3 Å².